The molecular formula is C8H4N10O12. The average molecular weight is 432 g/mol. The second kappa shape index (κ2) is 6.17. The molecule has 0 amide bonds. The van der Waals surface area contributed by atoms with Crippen molar-refractivity contribution in [3.8, 4) is 0 Å². The standard InChI is InChI=1S/C8H4N10O12/c19-13(20)7-3-4(10(16(25)26)1-9(3)15(23)24)8(14(21)22)6-5(7)11(17(27)28)2-12(6)18(29)30/h1-2H2. The van der Waals surface area contributed by atoms with Crippen molar-refractivity contribution in [2.45, 2.75) is 0 Å². The first kappa shape index (κ1) is 19.6. The molecule has 22 nitrogen and oxygen atoms in total. The normalized spacial score (nSPS) is 14.4. The molecule has 2 aliphatic heterocycles. The average Bonchev–Trinajstić information content (AvgIpc) is 3.18. The molecule has 0 fully saturated rings. The van der Waals surface area contributed by atoms with Crippen molar-refractivity contribution in [2.75, 3.05) is 33.4 Å². The molecule has 1 aromatic carbocycles. The lowest BCUT2D eigenvalue weighted by Crippen LogP contribution is -2.39. The quantitative estimate of drug-likeness (QED) is 0.402. The van der Waals surface area contributed by atoms with Gasteiger partial charge in [0.05, 0.1) is 9.85 Å². The van der Waals surface area contributed by atoms with Crippen LogP contribution in [0.1, 0.15) is 0 Å². The molecule has 2 aliphatic rings. The van der Waals surface area contributed by atoms with E-state index >= 15 is 0 Å². The fourth-order valence-electron chi connectivity index (χ4n) is 3.07. The van der Waals surface area contributed by atoms with Crippen LogP contribution in [-0.4, -0.2) is 43.3 Å². The van der Waals surface area contributed by atoms with Gasteiger partial charge in [-0.05, 0) is 0 Å². The zero-order valence-electron chi connectivity index (χ0n) is 13.8. The van der Waals surface area contributed by atoms with Gasteiger partial charge in [0.25, 0.3) is 0 Å². The highest BCUT2D eigenvalue weighted by molar-refractivity contribution is 6.05. The van der Waals surface area contributed by atoms with Crippen LogP contribution in [0.3, 0.4) is 0 Å². The van der Waals surface area contributed by atoms with Gasteiger partial charge in [-0.3, -0.25) is 20.2 Å². The zero-order valence-corrected chi connectivity index (χ0v) is 13.8. The number of nitro benzene ring substituents is 2. The number of hydrogen-bond donors (Lipinski definition) is 0. The van der Waals surface area contributed by atoms with Gasteiger partial charge >= 0.3 is 11.4 Å². The molecule has 0 aromatic heterocycles. The molecule has 2 heterocycles. The highest BCUT2D eigenvalue weighted by Gasteiger charge is 2.60. The van der Waals surface area contributed by atoms with Gasteiger partial charge in [0, 0.05) is 0 Å². The minimum atomic E-state index is -1.52. The third-order valence-electron chi connectivity index (χ3n) is 4.07. The van der Waals surface area contributed by atoms with E-state index in [0.717, 1.165) is 0 Å². The van der Waals surface area contributed by atoms with Crippen molar-refractivity contribution >= 4 is 34.1 Å². The minimum Gasteiger partial charge on any atom is -0.258 e. The van der Waals surface area contributed by atoms with Crippen LogP contribution in [0.2, 0.25) is 0 Å². The lowest BCUT2D eigenvalue weighted by Gasteiger charge is -2.10. The van der Waals surface area contributed by atoms with E-state index in [9.17, 15) is 60.7 Å². The van der Waals surface area contributed by atoms with Crippen molar-refractivity contribution in [3.63, 3.8) is 0 Å². The van der Waals surface area contributed by atoms with Crippen LogP contribution in [0.4, 0.5) is 34.1 Å². The Bertz CT molecular complexity index is 922. The Morgan fingerprint density at radius 3 is 0.800 bits per heavy atom. The van der Waals surface area contributed by atoms with Crippen LogP contribution in [-0.2, 0) is 0 Å². The molecule has 3 rings (SSSR count). The van der Waals surface area contributed by atoms with Gasteiger partial charge in [-0.2, -0.15) is 0 Å². The number of rotatable bonds is 6. The summed E-state index contributed by atoms with van der Waals surface area (Å²) in [5.41, 5.74) is -8.25. The summed E-state index contributed by atoms with van der Waals surface area (Å²) >= 11 is 0. The van der Waals surface area contributed by atoms with Gasteiger partial charge in [-0.1, -0.05) is 20.0 Å². The summed E-state index contributed by atoms with van der Waals surface area (Å²) < 4.78 is 0. The van der Waals surface area contributed by atoms with Crippen molar-refractivity contribution in [1.82, 2.24) is 0 Å². The molecule has 0 atom stereocenters. The first-order chi connectivity index (χ1) is 13.9. The predicted molar refractivity (Wildman–Crippen MR) is 87.4 cm³/mol. The fourth-order valence-corrected chi connectivity index (χ4v) is 3.07. The second-order valence-electron chi connectivity index (χ2n) is 5.44. The van der Waals surface area contributed by atoms with Gasteiger partial charge in [0.15, 0.2) is 20.1 Å². The first-order valence-corrected chi connectivity index (χ1v) is 7.10. The maximum absolute atomic E-state index is 11.7. The molecule has 158 valence electrons. The van der Waals surface area contributed by atoms with Gasteiger partial charge < -0.3 is 0 Å². The van der Waals surface area contributed by atoms with Crippen molar-refractivity contribution < 1.29 is 30.0 Å². The number of anilines is 4. The van der Waals surface area contributed by atoms with Gasteiger partial charge in [-0.25, -0.2) is 40.5 Å². The number of nitrogens with zero attached hydrogens (tertiary/aromatic N) is 10. The second-order valence-corrected chi connectivity index (χ2v) is 5.44. The molecule has 0 unspecified atom stereocenters. The SMILES string of the molecule is O=[N+]([O-])c1c2c(c([N+](=O)[O-])c3c1N([N+](=O)[O-])CN3[N+](=O)[O-])N([N+](=O)[O-])CN2[N+](=O)[O-]. The van der Waals surface area contributed by atoms with E-state index in [0.29, 0.717) is 0 Å². The molecular weight excluding hydrogens is 428 g/mol. The molecule has 0 saturated carbocycles. The van der Waals surface area contributed by atoms with E-state index in [1.165, 1.54) is 0 Å². The van der Waals surface area contributed by atoms with Gasteiger partial charge in [-0.15, -0.1) is 0 Å². The molecule has 1 aromatic rings. The highest BCUT2D eigenvalue weighted by Crippen LogP contribution is 2.60. The van der Waals surface area contributed by atoms with Crippen LogP contribution >= 0.6 is 0 Å². The van der Waals surface area contributed by atoms with Crippen LogP contribution in [0.25, 0.3) is 0 Å². The summed E-state index contributed by atoms with van der Waals surface area (Å²) in [7, 11) is 0. The largest absolute Gasteiger partial charge is 0.333 e. The van der Waals surface area contributed by atoms with E-state index in [2.05, 4.69) is 0 Å². The Morgan fingerprint density at radius 1 is 0.467 bits per heavy atom. The van der Waals surface area contributed by atoms with E-state index in [1.807, 2.05) is 0 Å². The summed E-state index contributed by atoms with van der Waals surface area (Å²) in [6, 6.07) is 0. The van der Waals surface area contributed by atoms with E-state index in [-0.39, 0.29) is 20.0 Å². The topological polar surface area (TPSA) is 272 Å². The zero-order chi connectivity index (χ0) is 22.7. The number of hydrazine groups is 4. The number of hydrogen-bond acceptors (Lipinski definition) is 12. The summed E-state index contributed by atoms with van der Waals surface area (Å²) in [5, 5.41) is 62.3. The molecule has 22 heteroatoms. The smallest absolute Gasteiger partial charge is 0.258 e. The molecule has 0 aliphatic carbocycles. The number of fused-ring (bicyclic) bond motifs is 2. The van der Waals surface area contributed by atoms with Crippen LogP contribution < -0.4 is 20.0 Å². The Morgan fingerprint density at radius 2 is 0.667 bits per heavy atom. The summed E-state index contributed by atoms with van der Waals surface area (Å²) in [4.78, 5) is 65.7. The number of benzene rings is 1. The van der Waals surface area contributed by atoms with E-state index < -0.39 is 77.4 Å². The highest BCUT2D eigenvalue weighted by atomic mass is 16.7. The molecule has 0 radical (unpaired) electrons. The Hall–Kier alpha value is -5.18. The predicted octanol–water partition coefficient (Wildman–Crippen LogP) is -0.562. The fraction of sp³-hybridized carbons (Fsp3) is 0.250. The molecule has 30 heavy (non-hydrogen) atoms. The van der Waals surface area contributed by atoms with Gasteiger partial charge in [0.2, 0.25) is 36.1 Å². The van der Waals surface area contributed by atoms with Crippen LogP contribution in [0.15, 0.2) is 0 Å². The lowest BCUT2D eigenvalue weighted by molar-refractivity contribution is -0.521. The lowest BCUT2D eigenvalue weighted by atomic mass is 10.1. The van der Waals surface area contributed by atoms with Gasteiger partial charge in [0.1, 0.15) is 0 Å². The van der Waals surface area contributed by atoms with E-state index in [1.54, 1.807) is 0 Å². The first-order valence-electron chi connectivity index (χ1n) is 7.10. The maximum Gasteiger partial charge on any atom is 0.333 e. The maximum atomic E-state index is 11.7. The molecule has 0 spiro atoms. The van der Waals surface area contributed by atoms with Crippen molar-refractivity contribution in [1.29, 1.82) is 0 Å². The molecule has 0 N–H and O–H groups in total. The summed E-state index contributed by atoms with van der Waals surface area (Å²) in [6.07, 6.45) is 0. The Kier molecular flexibility index (Phi) is 4.03. The minimum absolute atomic E-state index is 0.198. The van der Waals surface area contributed by atoms with Crippen LogP contribution in [0.5, 0.6) is 0 Å². The van der Waals surface area contributed by atoms with Crippen molar-refractivity contribution in [3.05, 3.63) is 60.7 Å². The third-order valence-corrected chi connectivity index (χ3v) is 4.07. The van der Waals surface area contributed by atoms with Crippen molar-refractivity contribution in [2.24, 2.45) is 0 Å². The van der Waals surface area contributed by atoms with E-state index in [4.69, 9.17) is 0 Å². The third kappa shape index (κ3) is 2.43. The summed E-state index contributed by atoms with van der Waals surface area (Å²) in [6.45, 7) is -2.70. The number of nitro groups is 6. The Balaban J connectivity index is 2.61. The van der Waals surface area contributed by atoms with Crippen LogP contribution in [0, 0.1) is 60.7 Å². The monoisotopic (exact) mass is 432 g/mol. The molecule has 0 saturated heterocycles. The summed E-state index contributed by atoms with van der Waals surface area (Å²) in [5.74, 6) is 0. The molecule has 0 bridgehead atoms. The Labute approximate surface area is 159 Å².